The molecular weight excluding hydrogens is 349 g/mol. The maximum atomic E-state index is 13.0. The van der Waals surface area contributed by atoms with Gasteiger partial charge >= 0.3 is 0 Å². The van der Waals surface area contributed by atoms with Gasteiger partial charge in [0.1, 0.15) is 5.82 Å². The lowest BCUT2D eigenvalue weighted by atomic mass is 10.1. The summed E-state index contributed by atoms with van der Waals surface area (Å²) in [5, 5.41) is 28.9. The Morgan fingerprint density at radius 3 is 2.48 bits per heavy atom. The Balaban J connectivity index is 1.62. The summed E-state index contributed by atoms with van der Waals surface area (Å²) < 4.78 is 13.0. The fourth-order valence-corrected chi connectivity index (χ4v) is 3.14. The molecule has 6 nitrogen and oxygen atoms in total. The predicted molar refractivity (Wildman–Crippen MR) is 99.7 cm³/mol. The van der Waals surface area contributed by atoms with Crippen molar-refractivity contribution in [1.29, 1.82) is 0 Å². The maximum Gasteiger partial charge on any atom is 0.251 e. The molecule has 0 spiro atoms. The molecular formula is C20H24FN3O3. The number of hydrogen-bond acceptors (Lipinski definition) is 5. The third kappa shape index (κ3) is 5.11. The van der Waals surface area contributed by atoms with E-state index in [1.54, 1.807) is 0 Å². The number of amides is 1. The molecule has 0 aromatic heterocycles. The lowest BCUT2D eigenvalue weighted by Crippen LogP contribution is -2.45. The Morgan fingerprint density at radius 1 is 1.15 bits per heavy atom. The third-order valence-corrected chi connectivity index (χ3v) is 4.75. The fourth-order valence-electron chi connectivity index (χ4n) is 3.14. The molecule has 144 valence electrons. The number of aliphatic hydroxyl groups is 2. The van der Waals surface area contributed by atoms with Crippen molar-refractivity contribution >= 4 is 5.91 Å². The van der Waals surface area contributed by atoms with Crippen molar-refractivity contribution in [3.05, 3.63) is 71.5 Å². The van der Waals surface area contributed by atoms with Crippen molar-refractivity contribution in [3.8, 4) is 0 Å². The molecule has 0 aliphatic carbocycles. The van der Waals surface area contributed by atoms with Crippen LogP contribution in [0.15, 0.2) is 54.6 Å². The van der Waals surface area contributed by atoms with E-state index in [4.69, 9.17) is 0 Å². The summed E-state index contributed by atoms with van der Waals surface area (Å²) >= 11 is 0. The average molecular weight is 373 g/mol. The van der Waals surface area contributed by atoms with E-state index >= 15 is 0 Å². The van der Waals surface area contributed by atoms with Crippen LogP contribution in [0, 0.1) is 5.82 Å². The van der Waals surface area contributed by atoms with E-state index in [0.717, 1.165) is 5.56 Å². The molecule has 0 saturated carbocycles. The van der Waals surface area contributed by atoms with Crippen LogP contribution in [0.4, 0.5) is 4.39 Å². The molecule has 1 amide bonds. The normalized spacial score (nSPS) is 23.1. The molecule has 2 aromatic rings. The van der Waals surface area contributed by atoms with E-state index in [1.165, 1.54) is 24.3 Å². The molecule has 2 aromatic carbocycles. The van der Waals surface area contributed by atoms with Gasteiger partial charge in [0, 0.05) is 37.3 Å². The molecule has 5 N–H and O–H groups in total. The SMILES string of the molecule is O=C(NC[C@H](NC[C@H]1NC[C@H](O)[C@@H]1O)c1ccccc1)c1ccc(F)cc1. The number of hydrogen-bond donors (Lipinski definition) is 5. The standard InChI is InChI=1S/C20H24FN3O3/c21-15-8-6-14(7-9-15)20(27)24-10-16(13-4-2-1-3-5-13)22-11-17-19(26)18(25)12-23-17/h1-9,16-19,22-23,25-26H,10-12H2,(H,24,27)/t16-,17+,18-,19+/m0/s1. The summed E-state index contributed by atoms with van der Waals surface area (Å²) in [6, 6.07) is 14.6. The van der Waals surface area contributed by atoms with Gasteiger partial charge in [-0.05, 0) is 29.8 Å². The van der Waals surface area contributed by atoms with Crippen LogP contribution in [-0.4, -0.2) is 54.0 Å². The first-order valence-electron chi connectivity index (χ1n) is 8.96. The second-order valence-electron chi connectivity index (χ2n) is 6.66. The lowest BCUT2D eigenvalue weighted by Gasteiger charge is -2.23. The highest BCUT2D eigenvalue weighted by Gasteiger charge is 2.33. The van der Waals surface area contributed by atoms with Gasteiger partial charge in [-0.25, -0.2) is 4.39 Å². The van der Waals surface area contributed by atoms with E-state index in [1.807, 2.05) is 30.3 Å². The van der Waals surface area contributed by atoms with Crippen LogP contribution in [0.5, 0.6) is 0 Å². The topological polar surface area (TPSA) is 93.6 Å². The molecule has 3 rings (SSSR count). The van der Waals surface area contributed by atoms with Crippen LogP contribution >= 0.6 is 0 Å². The summed E-state index contributed by atoms with van der Waals surface area (Å²) in [6.07, 6.45) is -1.60. The van der Waals surface area contributed by atoms with Gasteiger partial charge in [-0.3, -0.25) is 4.79 Å². The van der Waals surface area contributed by atoms with Crippen LogP contribution in [0.1, 0.15) is 22.0 Å². The van der Waals surface area contributed by atoms with Crippen LogP contribution in [-0.2, 0) is 0 Å². The quantitative estimate of drug-likeness (QED) is 0.490. The Labute approximate surface area is 157 Å². The zero-order chi connectivity index (χ0) is 19.2. The number of carbonyl (C=O) groups excluding carboxylic acids is 1. The van der Waals surface area contributed by atoms with Crippen LogP contribution in [0.25, 0.3) is 0 Å². The minimum absolute atomic E-state index is 0.178. The van der Waals surface area contributed by atoms with Crippen molar-refractivity contribution in [3.63, 3.8) is 0 Å². The first-order chi connectivity index (χ1) is 13.0. The number of nitrogens with one attached hydrogen (secondary N) is 3. The minimum atomic E-state index is -0.831. The van der Waals surface area contributed by atoms with Crippen molar-refractivity contribution in [2.45, 2.75) is 24.3 Å². The van der Waals surface area contributed by atoms with E-state index < -0.39 is 12.2 Å². The van der Waals surface area contributed by atoms with Crippen LogP contribution in [0.2, 0.25) is 0 Å². The van der Waals surface area contributed by atoms with Gasteiger partial charge < -0.3 is 26.2 Å². The zero-order valence-electron chi connectivity index (χ0n) is 14.8. The summed E-state index contributed by atoms with van der Waals surface area (Å²) in [6.45, 7) is 1.11. The van der Waals surface area contributed by atoms with Crippen molar-refractivity contribution in [2.75, 3.05) is 19.6 Å². The van der Waals surface area contributed by atoms with Gasteiger partial charge in [0.05, 0.1) is 12.2 Å². The Morgan fingerprint density at radius 2 is 1.85 bits per heavy atom. The summed E-state index contributed by atoms with van der Waals surface area (Å²) in [7, 11) is 0. The Hall–Kier alpha value is -2.32. The fraction of sp³-hybridized carbons (Fsp3) is 0.350. The summed E-state index contributed by atoms with van der Waals surface area (Å²) in [5.41, 5.74) is 1.38. The molecule has 1 saturated heterocycles. The van der Waals surface area contributed by atoms with Gasteiger partial charge in [-0.1, -0.05) is 30.3 Å². The predicted octanol–water partition coefficient (Wildman–Crippen LogP) is 0.580. The highest BCUT2D eigenvalue weighted by atomic mass is 19.1. The Bertz CT molecular complexity index is 742. The summed E-state index contributed by atoms with van der Waals surface area (Å²) in [5.74, 6) is -0.674. The molecule has 4 atom stereocenters. The third-order valence-electron chi connectivity index (χ3n) is 4.75. The second-order valence-corrected chi connectivity index (χ2v) is 6.66. The van der Waals surface area contributed by atoms with Crippen LogP contribution in [0.3, 0.4) is 0 Å². The van der Waals surface area contributed by atoms with E-state index in [2.05, 4.69) is 16.0 Å². The minimum Gasteiger partial charge on any atom is -0.389 e. The second kappa shape index (κ2) is 9.05. The first-order valence-corrected chi connectivity index (χ1v) is 8.96. The average Bonchev–Trinajstić information content (AvgIpc) is 3.01. The summed E-state index contributed by atoms with van der Waals surface area (Å²) in [4.78, 5) is 12.3. The van der Waals surface area contributed by atoms with Gasteiger partial charge in [-0.15, -0.1) is 0 Å². The largest absolute Gasteiger partial charge is 0.389 e. The van der Waals surface area contributed by atoms with E-state index in [0.29, 0.717) is 25.2 Å². The van der Waals surface area contributed by atoms with Gasteiger partial charge in [0.25, 0.3) is 5.91 Å². The molecule has 0 radical (unpaired) electrons. The van der Waals surface area contributed by atoms with Crippen molar-refractivity contribution in [1.82, 2.24) is 16.0 Å². The molecule has 0 unspecified atom stereocenters. The zero-order valence-corrected chi connectivity index (χ0v) is 14.8. The smallest absolute Gasteiger partial charge is 0.251 e. The molecule has 0 bridgehead atoms. The molecule has 1 fully saturated rings. The molecule has 1 heterocycles. The monoisotopic (exact) mass is 373 g/mol. The molecule has 27 heavy (non-hydrogen) atoms. The number of carbonyl (C=O) groups is 1. The van der Waals surface area contributed by atoms with Crippen molar-refractivity contribution in [2.24, 2.45) is 0 Å². The molecule has 1 aliphatic rings. The number of benzene rings is 2. The number of β-amino-alcohol motifs (C(OH)–C–C–N with tert-alkyl or cyclic N) is 1. The number of rotatable bonds is 7. The highest BCUT2D eigenvalue weighted by Crippen LogP contribution is 2.14. The van der Waals surface area contributed by atoms with Crippen LogP contribution < -0.4 is 16.0 Å². The lowest BCUT2D eigenvalue weighted by molar-refractivity contribution is 0.0403. The van der Waals surface area contributed by atoms with Gasteiger partial charge in [-0.2, -0.15) is 0 Å². The maximum absolute atomic E-state index is 13.0. The van der Waals surface area contributed by atoms with Gasteiger partial charge in [0.15, 0.2) is 0 Å². The van der Waals surface area contributed by atoms with E-state index in [9.17, 15) is 19.4 Å². The first kappa shape index (κ1) is 19.4. The Kier molecular flexibility index (Phi) is 6.52. The van der Waals surface area contributed by atoms with E-state index in [-0.39, 0.29) is 23.8 Å². The van der Waals surface area contributed by atoms with Gasteiger partial charge in [0.2, 0.25) is 0 Å². The number of halogens is 1. The van der Waals surface area contributed by atoms with Crippen molar-refractivity contribution < 1.29 is 19.4 Å². The highest BCUT2D eigenvalue weighted by molar-refractivity contribution is 5.94. The molecule has 1 aliphatic heterocycles. The number of aliphatic hydroxyl groups excluding tert-OH is 2. The molecule has 7 heteroatoms.